The Hall–Kier alpha value is -1.76. The van der Waals surface area contributed by atoms with Gasteiger partial charge in [0.1, 0.15) is 0 Å². The van der Waals surface area contributed by atoms with Crippen LogP contribution < -0.4 is 10.6 Å². The summed E-state index contributed by atoms with van der Waals surface area (Å²) in [4.78, 5) is 11.3. The first-order valence-electron chi connectivity index (χ1n) is 6.10. The second kappa shape index (κ2) is 7.74. The zero-order chi connectivity index (χ0) is 15.0. The SMILES string of the molecule is COCCNC(=O)NCCc1ccc(C(F)(F)F)cc1. The molecule has 0 aromatic heterocycles. The van der Waals surface area contributed by atoms with Crippen molar-refractivity contribution in [2.24, 2.45) is 0 Å². The van der Waals surface area contributed by atoms with Crippen LogP contribution in [0.3, 0.4) is 0 Å². The van der Waals surface area contributed by atoms with Crippen molar-refractivity contribution in [3.63, 3.8) is 0 Å². The molecule has 2 N–H and O–H groups in total. The van der Waals surface area contributed by atoms with E-state index < -0.39 is 11.7 Å². The largest absolute Gasteiger partial charge is 0.416 e. The first-order chi connectivity index (χ1) is 9.43. The average molecular weight is 290 g/mol. The third kappa shape index (κ3) is 5.92. The van der Waals surface area contributed by atoms with Gasteiger partial charge in [-0.25, -0.2) is 4.79 Å². The molecule has 0 aliphatic rings. The summed E-state index contributed by atoms with van der Waals surface area (Å²) in [6.45, 7) is 1.18. The molecule has 0 aliphatic carbocycles. The number of halogens is 3. The van der Waals surface area contributed by atoms with E-state index in [1.807, 2.05) is 0 Å². The average Bonchev–Trinajstić information content (AvgIpc) is 2.38. The van der Waals surface area contributed by atoms with Gasteiger partial charge in [0.15, 0.2) is 0 Å². The minimum Gasteiger partial charge on any atom is -0.383 e. The predicted octanol–water partition coefficient (Wildman–Crippen LogP) is 2.19. The fourth-order valence-electron chi connectivity index (χ4n) is 1.51. The smallest absolute Gasteiger partial charge is 0.383 e. The molecular weight excluding hydrogens is 273 g/mol. The molecule has 0 unspecified atom stereocenters. The molecule has 112 valence electrons. The zero-order valence-corrected chi connectivity index (χ0v) is 11.1. The van der Waals surface area contributed by atoms with Crippen LogP contribution in [0.5, 0.6) is 0 Å². The standard InChI is InChI=1S/C13H17F3N2O2/c1-20-9-8-18-12(19)17-7-6-10-2-4-11(5-3-10)13(14,15)16/h2-5H,6-9H2,1H3,(H2,17,18,19). The van der Waals surface area contributed by atoms with Gasteiger partial charge in [0, 0.05) is 20.2 Å². The number of methoxy groups -OCH3 is 1. The molecule has 0 radical (unpaired) electrons. The van der Waals surface area contributed by atoms with E-state index in [-0.39, 0.29) is 6.03 Å². The molecule has 2 amide bonds. The van der Waals surface area contributed by atoms with Crippen molar-refractivity contribution in [3.8, 4) is 0 Å². The lowest BCUT2D eigenvalue weighted by atomic mass is 10.1. The molecule has 0 spiro atoms. The third-order valence-electron chi connectivity index (χ3n) is 2.57. The quantitative estimate of drug-likeness (QED) is 0.789. The highest BCUT2D eigenvalue weighted by atomic mass is 19.4. The molecule has 1 aromatic rings. The lowest BCUT2D eigenvalue weighted by Crippen LogP contribution is -2.38. The summed E-state index contributed by atoms with van der Waals surface area (Å²) in [5, 5.41) is 5.18. The van der Waals surface area contributed by atoms with Gasteiger partial charge < -0.3 is 15.4 Å². The Morgan fingerprint density at radius 3 is 2.30 bits per heavy atom. The molecule has 4 nitrogen and oxygen atoms in total. The van der Waals surface area contributed by atoms with Crippen LogP contribution in [0, 0.1) is 0 Å². The van der Waals surface area contributed by atoms with Gasteiger partial charge in [-0.05, 0) is 24.1 Å². The topological polar surface area (TPSA) is 50.4 Å². The number of nitrogens with one attached hydrogen (secondary N) is 2. The van der Waals surface area contributed by atoms with Gasteiger partial charge in [-0.2, -0.15) is 13.2 Å². The third-order valence-corrected chi connectivity index (χ3v) is 2.57. The van der Waals surface area contributed by atoms with Crippen LogP contribution in [0.25, 0.3) is 0 Å². The Labute approximate surface area is 115 Å². The lowest BCUT2D eigenvalue weighted by molar-refractivity contribution is -0.137. The van der Waals surface area contributed by atoms with Gasteiger partial charge in [0.2, 0.25) is 0 Å². The lowest BCUT2D eigenvalue weighted by Gasteiger charge is -2.09. The summed E-state index contributed by atoms with van der Waals surface area (Å²) >= 11 is 0. The Morgan fingerprint density at radius 2 is 1.75 bits per heavy atom. The van der Waals surface area contributed by atoms with E-state index in [0.29, 0.717) is 26.1 Å². The van der Waals surface area contributed by atoms with Crippen LogP contribution in [0.15, 0.2) is 24.3 Å². The van der Waals surface area contributed by atoms with E-state index in [4.69, 9.17) is 4.74 Å². The first kappa shape index (κ1) is 16.3. The van der Waals surface area contributed by atoms with Crippen molar-refractivity contribution in [3.05, 3.63) is 35.4 Å². The summed E-state index contributed by atoms with van der Waals surface area (Å²) < 4.78 is 41.8. The number of amides is 2. The number of hydrogen-bond donors (Lipinski definition) is 2. The molecule has 0 saturated carbocycles. The van der Waals surface area contributed by atoms with Crippen LogP contribution in [0.2, 0.25) is 0 Å². The van der Waals surface area contributed by atoms with Gasteiger partial charge in [0.05, 0.1) is 12.2 Å². The Bertz CT molecular complexity index is 419. The maximum Gasteiger partial charge on any atom is 0.416 e. The van der Waals surface area contributed by atoms with Gasteiger partial charge in [-0.3, -0.25) is 0 Å². The summed E-state index contributed by atoms with van der Waals surface area (Å²) in [6, 6.07) is 4.57. The molecule has 7 heteroatoms. The van der Waals surface area contributed by atoms with E-state index in [1.165, 1.54) is 19.2 Å². The van der Waals surface area contributed by atoms with Crippen LogP contribution in [-0.2, 0) is 17.3 Å². The van der Waals surface area contributed by atoms with E-state index >= 15 is 0 Å². The van der Waals surface area contributed by atoms with Gasteiger partial charge in [-0.15, -0.1) is 0 Å². The van der Waals surface area contributed by atoms with Crippen molar-refractivity contribution in [2.45, 2.75) is 12.6 Å². The minimum atomic E-state index is -4.32. The number of benzene rings is 1. The molecule has 1 aromatic carbocycles. The van der Waals surface area contributed by atoms with Crippen molar-refractivity contribution in [1.82, 2.24) is 10.6 Å². The summed E-state index contributed by atoms with van der Waals surface area (Å²) in [5.41, 5.74) is 0.0571. The number of urea groups is 1. The van der Waals surface area contributed by atoms with Crippen molar-refractivity contribution < 1.29 is 22.7 Å². The Kier molecular flexibility index (Phi) is 6.30. The van der Waals surface area contributed by atoms with E-state index in [1.54, 1.807) is 0 Å². The van der Waals surface area contributed by atoms with Crippen LogP contribution >= 0.6 is 0 Å². The fraction of sp³-hybridized carbons (Fsp3) is 0.462. The summed E-state index contributed by atoms with van der Waals surface area (Å²) in [5.74, 6) is 0. The van der Waals surface area contributed by atoms with Crippen LogP contribution in [0.1, 0.15) is 11.1 Å². The van der Waals surface area contributed by atoms with Crippen molar-refractivity contribution >= 4 is 6.03 Å². The number of carbonyl (C=O) groups excluding carboxylic acids is 1. The number of rotatable bonds is 6. The number of alkyl halides is 3. The number of hydrogen-bond acceptors (Lipinski definition) is 2. The van der Waals surface area contributed by atoms with Gasteiger partial charge >= 0.3 is 12.2 Å². The molecule has 0 saturated heterocycles. The highest BCUT2D eigenvalue weighted by molar-refractivity contribution is 5.73. The maximum atomic E-state index is 12.3. The highest BCUT2D eigenvalue weighted by Gasteiger charge is 2.29. The molecule has 0 aliphatic heterocycles. The Morgan fingerprint density at radius 1 is 1.15 bits per heavy atom. The molecule has 1 rings (SSSR count). The molecular formula is C13H17F3N2O2. The van der Waals surface area contributed by atoms with Gasteiger partial charge in [-0.1, -0.05) is 12.1 Å². The van der Waals surface area contributed by atoms with E-state index in [2.05, 4.69) is 10.6 Å². The van der Waals surface area contributed by atoms with Crippen molar-refractivity contribution in [1.29, 1.82) is 0 Å². The second-order valence-electron chi connectivity index (χ2n) is 4.12. The van der Waals surface area contributed by atoms with E-state index in [0.717, 1.165) is 17.7 Å². The van der Waals surface area contributed by atoms with Crippen LogP contribution in [0.4, 0.5) is 18.0 Å². The molecule has 0 fully saturated rings. The van der Waals surface area contributed by atoms with Gasteiger partial charge in [0.25, 0.3) is 0 Å². The molecule has 0 heterocycles. The normalized spacial score (nSPS) is 11.2. The Balaban J connectivity index is 2.30. The second-order valence-corrected chi connectivity index (χ2v) is 4.12. The fourth-order valence-corrected chi connectivity index (χ4v) is 1.51. The minimum absolute atomic E-state index is 0.325. The van der Waals surface area contributed by atoms with E-state index in [9.17, 15) is 18.0 Å². The number of carbonyl (C=O) groups is 1. The molecule has 0 bridgehead atoms. The highest BCUT2D eigenvalue weighted by Crippen LogP contribution is 2.29. The molecule has 20 heavy (non-hydrogen) atoms. The maximum absolute atomic E-state index is 12.3. The first-order valence-corrected chi connectivity index (χ1v) is 6.10. The summed E-state index contributed by atoms with van der Waals surface area (Å²) in [6.07, 6.45) is -3.85. The predicted molar refractivity (Wildman–Crippen MR) is 68.4 cm³/mol. The zero-order valence-electron chi connectivity index (χ0n) is 11.1. The summed E-state index contributed by atoms with van der Waals surface area (Å²) in [7, 11) is 1.53. The van der Waals surface area contributed by atoms with Crippen LogP contribution in [-0.4, -0.2) is 32.8 Å². The number of ether oxygens (including phenoxy) is 1. The monoisotopic (exact) mass is 290 g/mol. The van der Waals surface area contributed by atoms with Crippen molar-refractivity contribution in [2.75, 3.05) is 26.8 Å². The molecule has 0 atom stereocenters.